The number of rotatable bonds is 3. The molecule has 0 aliphatic rings. The molecule has 1 aromatic heterocycles. The summed E-state index contributed by atoms with van der Waals surface area (Å²) in [7, 11) is -1.78. The first-order valence-electron chi connectivity index (χ1n) is 5.48. The van der Waals surface area contributed by atoms with E-state index in [1.807, 2.05) is 6.92 Å². The third kappa shape index (κ3) is 2.38. The van der Waals surface area contributed by atoms with E-state index in [1.54, 1.807) is 42.9 Å². The summed E-state index contributed by atoms with van der Waals surface area (Å²) < 4.78 is 28.4. The first kappa shape index (κ1) is 12.6. The number of sulfonamides is 1. The maximum Gasteiger partial charge on any atom is 0.262 e. The highest BCUT2D eigenvalue weighted by Gasteiger charge is 2.16. The van der Waals surface area contributed by atoms with Gasteiger partial charge in [0, 0.05) is 7.05 Å². The minimum atomic E-state index is -3.54. The summed E-state index contributed by atoms with van der Waals surface area (Å²) in [6.07, 6.45) is 1.50. The molecule has 0 spiro atoms. The van der Waals surface area contributed by atoms with Crippen molar-refractivity contribution in [3.8, 4) is 0 Å². The average Bonchev–Trinajstić information content (AvgIpc) is 2.61. The normalized spacial score (nSPS) is 11.5. The van der Waals surface area contributed by atoms with Gasteiger partial charge in [-0.2, -0.15) is 5.10 Å². The molecule has 0 fully saturated rings. The molecule has 0 bridgehead atoms. The molecule has 0 amide bonds. The van der Waals surface area contributed by atoms with Gasteiger partial charge in [0.1, 0.15) is 0 Å². The van der Waals surface area contributed by atoms with Gasteiger partial charge in [0.2, 0.25) is 0 Å². The number of hydrogen-bond donors (Lipinski definition) is 1. The maximum atomic E-state index is 12.1. The molecule has 1 heterocycles. The van der Waals surface area contributed by atoms with E-state index in [9.17, 15) is 8.42 Å². The molecule has 18 heavy (non-hydrogen) atoms. The predicted molar refractivity (Wildman–Crippen MR) is 69.9 cm³/mol. The van der Waals surface area contributed by atoms with Gasteiger partial charge >= 0.3 is 0 Å². The molecule has 0 radical (unpaired) electrons. The number of hydrogen-bond acceptors (Lipinski definition) is 3. The fourth-order valence-electron chi connectivity index (χ4n) is 1.52. The van der Waals surface area contributed by atoms with Crippen LogP contribution in [0.4, 0.5) is 5.69 Å². The van der Waals surface area contributed by atoms with Crippen molar-refractivity contribution in [1.82, 2.24) is 9.78 Å². The summed E-state index contributed by atoms with van der Waals surface area (Å²) in [5.74, 6) is 0. The van der Waals surface area contributed by atoms with Crippen LogP contribution in [-0.2, 0) is 17.1 Å². The summed E-state index contributed by atoms with van der Waals surface area (Å²) in [6, 6.07) is 6.71. The van der Waals surface area contributed by atoms with Gasteiger partial charge < -0.3 is 0 Å². The summed E-state index contributed by atoms with van der Waals surface area (Å²) in [6.45, 7) is 3.72. The summed E-state index contributed by atoms with van der Waals surface area (Å²) in [4.78, 5) is 0.247. The SMILES string of the molecule is Cc1ccc(S(=O)(=O)Nc2cnn(C)c2C)cc1. The van der Waals surface area contributed by atoms with Crippen LogP contribution in [0.15, 0.2) is 35.4 Å². The van der Waals surface area contributed by atoms with Gasteiger partial charge in [0.05, 0.1) is 22.5 Å². The second kappa shape index (κ2) is 4.45. The van der Waals surface area contributed by atoms with Crippen LogP contribution in [0.1, 0.15) is 11.3 Å². The van der Waals surface area contributed by atoms with Crippen LogP contribution in [-0.4, -0.2) is 18.2 Å². The number of nitrogens with zero attached hydrogens (tertiary/aromatic N) is 2. The minimum Gasteiger partial charge on any atom is -0.276 e. The molecule has 0 atom stereocenters. The molecule has 2 rings (SSSR count). The number of aromatic nitrogens is 2. The zero-order chi connectivity index (χ0) is 13.3. The van der Waals surface area contributed by atoms with E-state index < -0.39 is 10.0 Å². The maximum absolute atomic E-state index is 12.1. The second-order valence-corrected chi connectivity index (χ2v) is 5.87. The third-order valence-electron chi connectivity index (χ3n) is 2.81. The molecule has 5 nitrogen and oxygen atoms in total. The van der Waals surface area contributed by atoms with Gasteiger partial charge in [-0.25, -0.2) is 8.42 Å². The van der Waals surface area contributed by atoms with Crippen LogP contribution < -0.4 is 4.72 Å². The Hall–Kier alpha value is -1.82. The van der Waals surface area contributed by atoms with E-state index in [-0.39, 0.29) is 4.90 Å². The average molecular weight is 265 g/mol. The Kier molecular flexibility index (Phi) is 3.13. The van der Waals surface area contributed by atoms with Gasteiger partial charge in [0.15, 0.2) is 0 Å². The van der Waals surface area contributed by atoms with Gasteiger partial charge in [0.25, 0.3) is 10.0 Å². The molecule has 1 N–H and O–H groups in total. The molecule has 1 aromatic carbocycles. The summed E-state index contributed by atoms with van der Waals surface area (Å²) in [5.41, 5.74) is 2.29. The van der Waals surface area contributed by atoms with E-state index in [0.717, 1.165) is 11.3 Å². The van der Waals surface area contributed by atoms with Crippen molar-refractivity contribution < 1.29 is 8.42 Å². The molecule has 2 aromatic rings. The first-order valence-corrected chi connectivity index (χ1v) is 6.96. The van der Waals surface area contributed by atoms with Crippen molar-refractivity contribution in [2.45, 2.75) is 18.7 Å². The number of nitrogens with one attached hydrogen (secondary N) is 1. The Bertz CT molecular complexity index is 657. The Morgan fingerprint density at radius 3 is 2.28 bits per heavy atom. The van der Waals surface area contributed by atoms with E-state index in [4.69, 9.17) is 0 Å². The highest BCUT2D eigenvalue weighted by molar-refractivity contribution is 7.92. The first-order chi connectivity index (χ1) is 8.40. The Balaban J connectivity index is 2.33. The van der Waals surface area contributed by atoms with Crippen molar-refractivity contribution in [3.05, 3.63) is 41.7 Å². The third-order valence-corrected chi connectivity index (χ3v) is 4.19. The molecule has 0 aliphatic heterocycles. The molecule has 0 unspecified atom stereocenters. The van der Waals surface area contributed by atoms with Gasteiger partial charge in [-0.15, -0.1) is 0 Å². The van der Waals surface area contributed by atoms with Crippen LogP contribution in [0.2, 0.25) is 0 Å². The molecular weight excluding hydrogens is 250 g/mol. The van der Waals surface area contributed by atoms with E-state index in [2.05, 4.69) is 9.82 Å². The fraction of sp³-hybridized carbons (Fsp3) is 0.250. The quantitative estimate of drug-likeness (QED) is 0.921. The molecule has 0 aliphatic carbocycles. The zero-order valence-electron chi connectivity index (χ0n) is 10.5. The molecule has 0 saturated carbocycles. The van der Waals surface area contributed by atoms with Crippen molar-refractivity contribution in [3.63, 3.8) is 0 Å². The zero-order valence-corrected chi connectivity index (χ0v) is 11.3. The van der Waals surface area contributed by atoms with Crippen molar-refractivity contribution in [2.75, 3.05) is 4.72 Å². The topological polar surface area (TPSA) is 64.0 Å². The Morgan fingerprint density at radius 1 is 1.17 bits per heavy atom. The van der Waals surface area contributed by atoms with Gasteiger partial charge in [-0.3, -0.25) is 9.40 Å². The lowest BCUT2D eigenvalue weighted by atomic mass is 10.2. The summed E-state index contributed by atoms with van der Waals surface area (Å²) in [5, 5.41) is 4.00. The van der Waals surface area contributed by atoms with Crippen LogP contribution in [0, 0.1) is 13.8 Å². The minimum absolute atomic E-state index is 0.247. The summed E-state index contributed by atoms with van der Waals surface area (Å²) >= 11 is 0. The fourth-order valence-corrected chi connectivity index (χ4v) is 2.62. The van der Waals surface area contributed by atoms with E-state index in [0.29, 0.717) is 5.69 Å². The van der Waals surface area contributed by atoms with Crippen molar-refractivity contribution in [1.29, 1.82) is 0 Å². The number of anilines is 1. The molecule has 96 valence electrons. The van der Waals surface area contributed by atoms with Crippen molar-refractivity contribution in [2.24, 2.45) is 7.05 Å². The highest BCUT2D eigenvalue weighted by Crippen LogP contribution is 2.18. The van der Waals surface area contributed by atoms with Crippen LogP contribution in [0.5, 0.6) is 0 Å². The van der Waals surface area contributed by atoms with Crippen LogP contribution in [0.3, 0.4) is 0 Å². The lowest BCUT2D eigenvalue weighted by Gasteiger charge is -2.07. The highest BCUT2D eigenvalue weighted by atomic mass is 32.2. The van der Waals surface area contributed by atoms with Gasteiger partial charge in [-0.1, -0.05) is 17.7 Å². The molecule has 6 heteroatoms. The van der Waals surface area contributed by atoms with Crippen molar-refractivity contribution >= 4 is 15.7 Å². The molecule has 0 saturated heterocycles. The number of benzene rings is 1. The molecular formula is C12H15N3O2S. The standard InChI is InChI=1S/C12H15N3O2S/c1-9-4-6-11(7-5-9)18(16,17)14-12-8-13-15(3)10(12)2/h4-8,14H,1-3H3. The monoisotopic (exact) mass is 265 g/mol. The Morgan fingerprint density at radius 2 is 1.78 bits per heavy atom. The van der Waals surface area contributed by atoms with E-state index >= 15 is 0 Å². The van der Waals surface area contributed by atoms with E-state index in [1.165, 1.54) is 6.20 Å². The Labute approximate surface area is 107 Å². The lowest BCUT2D eigenvalue weighted by molar-refractivity contribution is 0.601. The van der Waals surface area contributed by atoms with Gasteiger partial charge in [-0.05, 0) is 26.0 Å². The van der Waals surface area contributed by atoms with Crippen LogP contribution in [0.25, 0.3) is 0 Å². The predicted octanol–water partition coefficient (Wildman–Crippen LogP) is 1.84. The van der Waals surface area contributed by atoms with Crippen LogP contribution >= 0.6 is 0 Å². The largest absolute Gasteiger partial charge is 0.276 e. The lowest BCUT2D eigenvalue weighted by Crippen LogP contribution is -2.13. The number of aryl methyl sites for hydroxylation is 2. The second-order valence-electron chi connectivity index (χ2n) is 4.19. The smallest absolute Gasteiger partial charge is 0.262 e.